The summed E-state index contributed by atoms with van der Waals surface area (Å²) in [6.07, 6.45) is 1.24. The molecule has 0 spiro atoms. The number of nitrogens with zero attached hydrogens (tertiary/aromatic N) is 1. The Morgan fingerprint density at radius 2 is 2.31 bits per heavy atom. The topological polar surface area (TPSA) is 40.5 Å². The van der Waals surface area contributed by atoms with Crippen molar-refractivity contribution in [1.82, 2.24) is 4.90 Å². The summed E-state index contributed by atoms with van der Waals surface area (Å²) in [5.74, 6) is 0.247. The van der Waals surface area contributed by atoms with E-state index in [9.17, 15) is 4.79 Å². The molecule has 1 aliphatic heterocycles. The zero-order valence-electron chi connectivity index (χ0n) is 8.41. The average Bonchev–Trinajstić information content (AvgIpc) is 2.31. The number of carboxylic acid groups (broad SMARTS) is 1. The fraction of sp³-hybridized carbons (Fsp3) is 0.889. The van der Waals surface area contributed by atoms with E-state index >= 15 is 0 Å². The Balaban J connectivity index is 2.71. The Hall–Kier alpha value is -0.220. The molecule has 1 heterocycles. The number of carboxylic acids is 1. The van der Waals surface area contributed by atoms with Crippen molar-refractivity contribution >= 4 is 17.7 Å². The molecule has 1 saturated heterocycles. The molecule has 1 rings (SSSR count). The Labute approximate surface area is 83.5 Å². The molecule has 0 aromatic rings. The lowest BCUT2D eigenvalue weighted by Gasteiger charge is -2.34. The van der Waals surface area contributed by atoms with E-state index in [1.165, 1.54) is 0 Å². The van der Waals surface area contributed by atoms with Crippen LogP contribution in [-0.4, -0.2) is 46.6 Å². The Bertz CT molecular complexity index is 208. The van der Waals surface area contributed by atoms with Gasteiger partial charge in [-0.2, -0.15) is 11.8 Å². The molecule has 0 amide bonds. The predicted octanol–water partition coefficient (Wildman–Crippen LogP) is 1.29. The van der Waals surface area contributed by atoms with Crippen LogP contribution in [0.4, 0.5) is 0 Å². The number of thioether (sulfide) groups is 1. The van der Waals surface area contributed by atoms with Gasteiger partial charge in [0, 0.05) is 16.5 Å². The minimum absolute atomic E-state index is 0.115. The maximum absolute atomic E-state index is 10.7. The van der Waals surface area contributed by atoms with Crippen molar-refractivity contribution in [1.29, 1.82) is 0 Å². The third-order valence-electron chi connectivity index (χ3n) is 2.73. The largest absolute Gasteiger partial charge is 0.481 e. The van der Waals surface area contributed by atoms with Gasteiger partial charge in [-0.3, -0.25) is 4.79 Å². The maximum atomic E-state index is 10.7. The van der Waals surface area contributed by atoms with Crippen LogP contribution in [0.1, 0.15) is 19.8 Å². The summed E-state index contributed by atoms with van der Waals surface area (Å²) in [7, 11) is 3.95. The van der Waals surface area contributed by atoms with Gasteiger partial charge in [0.2, 0.25) is 0 Å². The molecule has 0 aromatic carbocycles. The number of hydrogen-bond donors (Lipinski definition) is 1. The van der Waals surface area contributed by atoms with Crippen molar-refractivity contribution in [3.8, 4) is 0 Å². The second kappa shape index (κ2) is 3.88. The first-order valence-corrected chi connectivity index (χ1v) is 5.52. The highest BCUT2D eigenvalue weighted by atomic mass is 32.2. The molecular formula is C9H17NO2S. The van der Waals surface area contributed by atoms with Crippen molar-refractivity contribution in [2.24, 2.45) is 0 Å². The molecule has 0 aromatic heterocycles. The lowest BCUT2D eigenvalue weighted by molar-refractivity contribution is -0.139. The highest BCUT2D eigenvalue weighted by molar-refractivity contribution is 8.00. The number of aliphatic carboxylic acids is 1. The van der Waals surface area contributed by atoms with Crippen LogP contribution in [0.25, 0.3) is 0 Å². The summed E-state index contributed by atoms with van der Waals surface area (Å²) in [6.45, 7) is 2.16. The van der Waals surface area contributed by atoms with Crippen LogP contribution in [0, 0.1) is 0 Å². The molecule has 0 radical (unpaired) electrons. The molecule has 0 aliphatic carbocycles. The summed E-state index contributed by atoms with van der Waals surface area (Å²) in [4.78, 5) is 12.8. The first-order chi connectivity index (χ1) is 5.96. The lowest BCUT2D eigenvalue weighted by Crippen LogP contribution is -2.46. The van der Waals surface area contributed by atoms with E-state index in [-0.39, 0.29) is 12.0 Å². The van der Waals surface area contributed by atoms with Gasteiger partial charge in [-0.15, -0.1) is 0 Å². The molecule has 13 heavy (non-hydrogen) atoms. The highest BCUT2D eigenvalue weighted by Gasteiger charge is 2.41. The van der Waals surface area contributed by atoms with Crippen molar-refractivity contribution < 1.29 is 9.90 Å². The van der Waals surface area contributed by atoms with E-state index in [2.05, 4.69) is 11.8 Å². The second-order valence-corrected chi connectivity index (χ2v) is 5.44. The summed E-state index contributed by atoms with van der Waals surface area (Å²) in [5, 5.41) is 9.42. The van der Waals surface area contributed by atoms with Crippen LogP contribution in [0.2, 0.25) is 0 Å². The van der Waals surface area contributed by atoms with Crippen LogP contribution < -0.4 is 0 Å². The second-order valence-electron chi connectivity index (χ2n) is 4.02. The Morgan fingerprint density at radius 1 is 1.69 bits per heavy atom. The van der Waals surface area contributed by atoms with E-state index in [1.54, 1.807) is 0 Å². The van der Waals surface area contributed by atoms with Crippen molar-refractivity contribution in [2.45, 2.75) is 30.6 Å². The third-order valence-corrected chi connectivity index (χ3v) is 4.17. The fourth-order valence-electron chi connectivity index (χ4n) is 1.82. The average molecular weight is 203 g/mol. The van der Waals surface area contributed by atoms with Gasteiger partial charge in [-0.25, -0.2) is 0 Å². The van der Waals surface area contributed by atoms with Crippen molar-refractivity contribution in [3.05, 3.63) is 0 Å². The summed E-state index contributed by atoms with van der Waals surface area (Å²) in [5.41, 5.74) is -0.115. The Morgan fingerprint density at radius 3 is 2.62 bits per heavy atom. The van der Waals surface area contributed by atoms with Gasteiger partial charge in [0.1, 0.15) is 0 Å². The molecule has 3 nitrogen and oxygen atoms in total. The van der Waals surface area contributed by atoms with Gasteiger partial charge < -0.3 is 10.0 Å². The summed E-state index contributed by atoms with van der Waals surface area (Å²) < 4.78 is 0. The maximum Gasteiger partial charge on any atom is 0.305 e. The molecule has 0 saturated carbocycles. The number of hydrogen-bond acceptors (Lipinski definition) is 3. The molecule has 1 fully saturated rings. The standard InChI is InChI=1S/C9H17NO2S/c1-7-4-9(6-13-7,10(2)3)5-8(11)12/h7H,4-6H2,1-3H3,(H,11,12). The number of carbonyl (C=O) groups is 1. The predicted molar refractivity (Wildman–Crippen MR) is 55.2 cm³/mol. The molecule has 76 valence electrons. The van der Waals surface area contributed by atoms with E-state index in [4.69, 9.17) is 5.11 Å². The van der Waals surface area contributed by atoms with Crippen molar-refractivity contribution in [2.75, 3.05) is 19.8 Å². The lowest BCUT2D eigenvalue weighted by atomic mass is 9.91. The number of rotatable bonds is 3. The fourth-order valence-corrected chi connectivity index (χ4v) is 3.33. The molecule has 1 aliphatic rings. The molecular weight excluding hydrogens is 186 g/mol. The van der Waals surface area contributed by atoms with E-state index < -0.39 is 5.97 Å². The van der Waals surface area contributed by atoms with Gasteiger partial charge in [-0.05, 0) is 20.5 Å². The van der Waals surface area contributed by atoms with E-state index in [0.717, 1.165) is 12.2 Å². The van der Waals surface area contributed by atoms with Crippen LogP contribution >= 0.6 is 11.8 Å². The third kappa shape index (κ3) is 2.38. The van der Waals surface area contributed by atoms with Gasteiger partial charge in [0.05, 0.1) is 6.42 Å². The van der Waals surface area contributed by atoms with Gasteiger partial charge in [0.25, 0.3) is 0 Å². The minimum Gasteiger partial charge on any atom is -0.481 e. The van der Waals surface area contributed by atoms with Gasteiger partial charge in [0.15, 0.2) is 0 Å². The summed E-state index contributed by atoms with van der Waals surface area (Å²) in [6, 6.07) is 0. The Kier molecular flexibility index (Phi) is 3.24. The van der Waals surface area contributed by atoms with Crippen LogP contribution in [0.15, 0.2) is 0 Å². The minimum atomic E-state index is -0.691. The van der Waals surface area contributed by atoms with Gasteiger partial charge in [-0.1, -0.05) is 6.92 Å². The normalized spacial score (nSPS) is 34.0. The van der Waals surface area contributed by atoms with Crippen molar-refractivity contribution in [3.63, 3.8) is 0 Å². The van der Waals surface area contributed by atoms with E-state index in [0.29, 0.717) is 5.25 Å². The quantitative estimate of drug-likeness (QED) is 0.750. The molecule has 0 bridgehead atoms. The van der Waals surface area contributed by atoms with Crippen LogP contribution in [0.5, 0.6) is 0 Å². The molecule has 4 heteroatoms. The smallest absolute Gasteiger partial charge is 0.305 e. The zero-order valence-corrected chi connectivity index (χ0v) is 9.23. The van der Waals surface area contributed by atoms with E-state index in [1.807, 2.05) is 25.9 Å². The van der Waals surface area contributed by atoms with Crippen LogP contribution in [-0.2, 0) is 4.79 Å². The first-order valence-electron chi connectivity index (χ1n) is 4.47. The zero-order chi connectivity index (χ0) is 10.1. The molecule has 1 N–H and O–H groups in total. The highest BCUT2D eigenvalue weighted by Crippen LogP contribution is 2.39. The molecule has 2 atom stereocenters. The summed E-state index contributed by atoms with van der Waals surface area (Å²) >= 11 is 1.87. The molecule has 2 unspecified atom stereocenters. The van der Waals surface area contributed by atoms with Gasteiger partial charge >= 0.3 is 5.97 Å². The van der Waals surface area contributed by atoms with Crippen LogP contribution in [0.3, 0.4) is 0 Å². The monoisotopic (exact) mass is 203 g/mol. The SMILES string of the molecule is CC1CC(CC(=O)O)(N(C)C)CS1. The first kappa shape index (κ1) is 10.9.